The number of fused-ring (bicyclic) bond motifs is 1. The van der Waals surface area contributed by atoms with Gasteiger partial charge in [0.15, 0.2) is 5.65 Å². The number of rotatable bonds is 6. The molecule has 1 fully saturated rings. The van der Waals surface area contributed by atoms with Gasteiger partial charge in [0, 0.05) is 59.9 Å². The lowest BCUT2D eigenvalue weighted by Crippen LogP contribution is -2.55. The number of sulfonamides is 1. The van der Waals surface area contributed by atoms with E-state index in [4.69, 9.17) is 10.1 Å². The SMILES string of the molecule is C=Cc1c(-c2cnn3cc(-c4ccc(N5C(C)CNCC5C)cc4)cnc23)ccc(S(N)(=O)=O)c1C=C. The number of nitrogens with zero attached hydrogens (tertiary/aromatic N) is 4. The Hall–Kier alpha value is -3.79. The summed E-state index contributed by atoms with van der Waals surface area (Å²) in [6, 6.07) is 12.6. The standard InChI is InChI=1S/C28H30N6O2S/c1-5-23-24(6-2)27(37(29,35)36)12-11-25(23)26-16-32-33-17-21(15-31-28(26)33)20-7-9-22(10-8-20)34-18(3)13-30-14-19(34)4/h5-12,15-19,30H,1-2,13-14H2,3-4H3,(H2,29,35,36). The number of nitrogens with one attached hydrogen (secondary N) is 1. The first-order valence-corrected chi connectivity index (χ1v) is 13.7. The molecule has 0 saturated carbocycles. The van der Waals surface area contributed by atoms with Crippen molar-refractivity contribution >= 4 is 33.5 Å². The van der Waals surface area contributed by atoms with Crippen LogP contribution in [0.3, 0.4) is 0 Å². The molecule has 1 saturated heterocycles. The predicted octanol–water partition coefficient (Wildman–Crippen LogP) is 4.18. The number of aromatic nitrogens is 3. The number of anilines is 1. The zero-order valence-electron chi connectivity index (χ0n) is 20.9. The number of hydrogen-bond acceptors (Lipinski definition) is 6. The lowest BCUT2D eigenvalue weighted by Gasteiger charge is -2.41. The van der Waals surface area contributed by atoms with Gasteiger partial charge in [0.2, 0.25) is 10.0 Å². The molecule has 0 radical (unpaired) electrons. The molecule has 2 atom stereocenters. The molecule has 5 rings (SSSR count). The Morgan fingerprint density at radius 2 is 1.62 bits per heavy atom. The highest BCUT2D eigenvalue weighted by Gasteiger charge is 2.24. The highest BCUT2D eigenvalue weighted by Crippen LogP contribution is 2.34. The zero-order valence-corrected chi connectivity index (χ0v) is 21.7. The molecule has 190 valence electrons. The van der Waals surface area contributed by atoms with Gasteiger partial charge in [0.25, 0.3) is 0 Å². The summed E-state index contributed by atoms with van der Waals surface area (Å²) in [5.41, 5.74) is 6.34. The molecule has 9 heteroatoms. The molecule has 0 spiro atoms. The monoisotopic (exact) mass is 514 g/mol. The van der Waals surface area contributed by atoms with E-state index in [1.807, 2.05) is 12.4 Å². The zero-order chi connectivity index (χ0) is 26.3. The molecule has 0 bridgehead atoms. The highest BCUT2D eigenvalue weighted by atomic mass is 32.2. The Balaban J connectivity index is 1.51. The third-order valence-electron chi connectivity index (χ3n) is 6.94. The van der Waals surface area contributed by atoms with Crippen molar-refractivity contribution in [1.82, 2.24) is 19.9 Å². The van der Waals surface area contributed by atoms with E-state index in [2.05, 4.69) is 66.6 Å². The summed E-state index contributed by atoms with van der Waals surface area (Å²) in [7, 11) is -3.92. The second kappa shape index (κ2) is 9.59. The number of piperazine rings is 1. The fourth-order valence-electron chi connectivity index (χ4n) is 5.21. The average molecular weight is 515 g/mol. The molecule has 2 aromatic carbocycles. The second-order valence-electron chi connectivity index (χ2n) is 9.37. The lowest BCUT2D eigenvalue weighted by molar-refractivity contribution is 0.432. The van der Waals surface area contributed by atoms with Crippen molar-refractivity contribution in [2.75, 3.05) is 18.0 Å². The van der Waals surface area contributed by atoms with Crippen molar-refractivity contribution < 1.29 is 8.42 Å². The first-order valence-electron chi connectivity index (χ1n) is 12.1. The van der Waals surface area contributed by atoms with Crippen molar-refractivity contribution in [2.24, 2.45) is 5.14 Å². The van der Waals surface area contributed by atoms with Crippen LogP contribution in [0.4, 0.5) is 5.69 Å². The third kappa shape index (κ3) is 4.46. The Kier molecular flexibility index (Phi) is 6.45. The fraction of sp³-hybridized carbons (Fsp3) is 0.214. The quantitative estimate of drug-likeness (QED) is 0.400. The Morgan fingerprint density at radius 3 is 2.24 bits per heavy atom. The van der Waals surface area contributed by atoms with Gasteiger partial charge in [0.05, 0.1) is 11.1 Å². The van der Waals surface area contributed by atoms with E-state index < -0.39 is 10.0 Å². The van der Waals surface area contributed by atoms with Crippen LogP contribution in [-0.2, 0) is 10.0 Å². The maximum Gasteiger partial charge on any atom is 0.238 e. The van der Waals surface area contributed by atoms with Gasteiger partial charge in [-0.1, -0.05) is 43.5 Å². The normalized spacial score (nSPS) is 18.2. The molecule has 2 unspecified atom stereocenters. The summed E-state index contributed by atoms with van der Waals surface area (Å²) < 4.78 is 25.9. The third-order valence-corrected chi connectivity index (χ3v) is 7.91. The molecule has 4 aromatic rings. The van der Waals surface area contributed by atoms with Crippen molar-refractivity contribution in [1.29, 1.82) is 0 Å². The van der Waals surface area contributed by atoms with E-state index in [1.165, 1.54) is 17.8 Å². The molecule has 1 aliphatic heterocycles. The Labute approximate surface area is 217 Å². The molecule has 3 heterocycles. The van der Waals surface area contributed by atoms with Crippen LogP contribution < -0.4 is 15.4 Å². The topological polar surface area (TPSA) is 106 Å². The molecule has 0 aliphatic carbocycles. The summed E-state index contributed by atoms with van der Waals surface area (Å²) in [5.74, 6) is 0. The Bertz CT molecular complexity index is 1600. The smallest absolute Gasteiger partial charge is 0.238 e. The van der Waals surface area contributed by atoms with Crippen molar-refractivity contribution in [3.63, 3.8) is 0 Å². The van der Waals surface area contributed by atoms with Gasteiger partial charge >= 0.3 is 0 Å². The molecule has 3 N–H and O–H groups in total. The minimum atomic E-state index is -3.92. The molecule has 37 heavy (non-hydrogen) atoms. The van der Waals surface area contributed by atoms with Crippen LogP contribution in [0.5, 0.6) is 0 Å². The molecule has 8 nitrogen and oxygen atoms in total. The molecule has 0 amide bonds. The molecular formula is C28H30N6O2S. The Morgan fingerprint density at radius 1 is 0.946 bits per heavy atom. The van der Waals surface area contributed by atoms with Crippen molar-refractivity contribution in [2.45, 2.75) is 30.8 Å². The van der Waals surface area contributed by atoms with Crippen LogP contribution in [-0.4, -0.2) is 48.2 Å². The van der Waals surface area contributed by atoms with E-state index in [-0.39, 0.29) is 4.90 Å². The molecular weight excluding hydrogens is 484 g/mol. The summed E-state index contributed by atoms with van der Waals surface area (Å²) in [6.45, 7) is 14.1. The van der Waals surface area contributed by atoms with Gasteiger partial charge in [-0.25, -0.2) is 23.1 Å². The number of primary sulfonamides is 1. The van der Waals surface area contributed by atoms with Crippen molar-refractivity contribution in [3.05, 3.63) is 79.3 Å². The fourth-order valence-corrected chi connectivity index (χ4v) is 5.97. The maximum atomic E-state index is 12.1. The maximum absolute atomic E-state index is 12.1. The van der Waals surface area contributed by atoms with E-state index in [1.54, 1.807) is 22.9 Å². The first kappa shape index (κ1) is 24.9. The van der Waals surface area contributed by atoms with E-state index in [9.17, 15) is 8.42 Å². The summed E-state index contributed by atoms with van der Waals surface area (Å²) in [6.07, 6.45) is 8.56. The number of nitrogens with two attached hydrogens (primary N) is 1. The van der Waals surface area contributed by atoms with Gasteiger partial charge in [-0.2, -0.15) is 5.10 Å². The van der Waals surface area contributed by atoms with E-state index in [0.29, 0.717) is 28.9 Å². The van der Waals surface area contributed by atoms with Crippen molar-refractivity contribution in [3.8, 4) is 22.3 Å². The number of benzene rings is 2. The molecule has 2 aromatic heterocycles. The van der Waals surface area contributed by atoms with Gasteiger partial charge < -0.3 is 10.2 Å². The predicted molar refractivity (Wildman–Crippen MR) is 150 cm³/mol. The van der Waals surface area contributed by atoms with Gasteiger partial charge in [-0.05, 0) is 48.7 Å². The minimum Gasteiger partial charge on any atom is -0.364 e. The van der Waals surface area contributed by atoms with Crippen LogP contribution in [0.1, 0.15) is 25.0 Å². The largest absolute Gasteiger partial charge is 0.364 e. The summed E-state index contributed by atoms with van der Waals surface area (Å²) >= 11 is 0. The first-order chi connectivity index (χ1) is 17.7. The van der Waals surface area contributed by atoms with Crippen LogP contribution in [0, 0.1) is 0 Å². The van der Waals surface area contributed by atoms with Gasteiger partial charge in [-0.3, -0.25) is 0 Å². The highest BCUT2D eigenvalue weighted by molar-refractivity contribution is 7.89. The van der Waals surface area contributed by atoms with E-state index in [0.717, 1.165) is 35.3 Å². The van der Waals surface area contributed by atoms with Crippen LogP contribution in [0.2, 0.25) is 0 Å². The van der Waals surface area contributed by atoms with E-state index >= 15 is 0 Å². The minimum absolute atomic E-state index is 0.000852. The van der Waals surface area contributed by atoms with Crippen LogP contribution >= 0.6 is 0 Å². The summed E-state index contributed by atoms with van der Waals surface area (Å²) in [5, 5.41) is 13.4. The van der Waals surface area contributed by atoms with Crippen LogP contribution in [0.25, 0.3) is 40.1 Å². The second-order valence-corrected chi connectivity index (χ2v) is 10.9. The van der Waals surface area contributed by atoms with Crippen LogP contribution in [0.15, 0.2) is 73.0 Å². The summed E-state index contributed by atoms with van der Waals surface area (Å²) in [4.78, 5) is 7.17. The molecule has 1 aliphatic rings. The van der Waals surface area contributed by atoms with Gasteiger partial charge in [-0.15, -0.1) is 0 Å². The average Bonchev–Trinajstić information content (AvgIpc) is 3.30. The number of hydrogen-bond donors (Lipinski definition) is 2. The van der Waals surface area contributed by atoms with Gasteiger partial charge in [0.1, 0.15) is 0 Å². The lowest BCUT2D eigenvalue weighted by atomic mass is 9.96.